The molecule has 1 aliphatic rings. The van der Waals surface area contributed by atoms with Crippen molar-refractivity contribution in [2.45, 2.75) is 26.7 Å². The minimum Gasteiger partial charge on any atom is -0.466 e. The average Bonchev–Trinajstić information content (AvgIpc) is 2.94. The zero-order valence-electron chi connectivity index (χ0n) is 10.8. The molecule has 0 aromatic heterocycles. The van der Waals surface area contributed by atoms with Gasteiger partial charge in [-0.2, -0.15) is 0 Å². The van der Waals surface area contributed by atoms with E-state index in [2.05, 4.69) is 18.9 Å². The van der Waals surface area contributed by atoms with Gasteiger partial charge >= 0.3 is 5.97 Å². The van der Waals surface area contributed by atoms with Gasteiger partial charge in [-0.05, 0) is 31.7 Å². The number of esters is 1. The molecule has 0 aromatic rings. The van der Waals surface area contributed by atoms with E-state index in [1.54, 1.807) is 0 Å². The zero-order chi connectivity index (χ0) is 12.1. The van der Waals surface area contributed by atoms with Crippen LogP contribution in [0, 0.1) is 11.8 Å². The van der Waals surface area contributed by atoms with Crippen molar-refractivity contribution in [2.75, 3.05) is 27.2 Å². The van der Waals surface area contributed by atoms with Crippen molar-refractivity contribution >= 4 is 5.97 Å². The van der Waals surface area contributed by atoms with Crippen LogP contribution in [0.15, 0.2) is 11.6 Å². The Hall–Kier alpha value is -0.830. The third-order valence-electron chi connectivity index (χ3n) is 3.30. The van der Waals surface area contributed by atoms with Crippen molar-refractivity contribution < 1.29 is 9.53 Å². The standard InChI is InChI=1S/C13H23NO2/c1-5-11(13(15)16-4)6-7-14(3)9-12-8-10(12)2/h6,10,12H,5,7-9H2,1-4H3. The molecule has 92 valence electrons. The quantitative estimate of drug-likeness (QED) is 0.512. The van der Waals surface area contributed by atoms with E-state index >= 15 is 0 Å². The van der Waals surface area contributed by atoms with E-state index in [0.717, 1.165) is 36.9 Å². The predicted molar refractivity (Wildman–Crippen MR) is 65.2 cm³/mol. The Morgan fingerprint density at radius 1 is 1.56 bits per heavy atom. The molecule has 1 rings (SSSR count). The SMILES string of the molecule is CCC(=CCN(C)CC1CC1C)C(=O)OC. The number of carbonyl (C=O) groups is 1. The number of hydrogen-bond donors (Lipinski definition) is 0. The summed E-state index contributed by atoms with van der Waals surface area (Å²) in [6.07, 6.45) is 4.07. The normalized spacial score (nSPS) is 24.7. The lowest BCUT2D eigenvalue weighted by Crippen LogP contribution is -2.22. The average molecular weight is 225 g/mol. The van der Waals surface area contributed by atoms with Gasteiger partial charge in [-0.15, -0.1) is 0 Å². The lowest BCUT2D eigenvalue weighted by Gasteiger charge is -2.14. The Morgan fingerprint density at radius 3 is 2.62 bits per heavy atom. The molecule has 1 aliphatic carbocycles. The van der Waals surface area contributed by atoms with Crippen LogP contribution in [0.5, 0.6) is 0 Å². The highest BCUT2D eigenvalue weighted by molar-refractivity contribution is 5.88. The molecule has 0 aromatic carbocycles. The molecule has 0 spiro atoms. The van der Waals surface area contributed by atoms with Gasteiger partial charge in [0, 0.05) is 18.7 Å². The topological polar surface area (TPSA) is 29.5 Å². The summed E-state index contributed by atoms with van der Waals surface area (Å²) in [5.41, 5.74) is 0.776. The molecule has 1 fully saturated rings. The molecular formula is C13H23NO2. The Morgan fingerprint density at radius 2 is 2.19 bits per heavy atom. The summed E-state index contributed by atoms with van der Waals surface area (Å²) < 4.78 is 4.72. The van der Waals surface area contributed by atoms with Gasteiger partial charge in [0.05, 0.1) is 7.11 Å². The fraction of sp³-hybridized carbons (Fsp3) is 0.769. The number of ether oxygens (including phenoxy) is 1. The third-order valence-corrected chi connectivity index (χ3v) is 3.30. The van der Waals surface area contributed by atoms with Gasteiger partial charge < -0.3 is 9.64 Å². The van der Waals surface area contributed by atoms with Crippen LogP contribution in [0.4, 0.5) is 0 Å². The van der Waals surface area contributed by atoms with E-state index < -0.39 is 0 Å². The van der Waals surface area contributed by atoms with Crippen molar-refractivity contribution in [2.24, 2.45) is 11.8 Å². The summed E-state index contributed by atoms with van der Waals surface area (Å²) in [6.45, 7) is 6.24. The molecule has 0 N–H and O–H groups in total. The number of hydrogen-bond acceptors (Lipinski definition) is 3. The highest BCUT2D eigenvalue weighted by atomic mass is 16.5. The highest BCUT2D eigenvalue weighted by Gasteiger charge is 2.32. The van der Waals surface area contributed by atoms with Crippen LogP contribution in [-0.2, 0) is 9.53 Å². The van der Waals surface area contributed by atoms with Gasteiger partial charge in [0.1, 0.15) is 0 Å². The van der Waals surface area contributed by atoms with Gasteiger partial charge in [0.2, 0.25) is 0 Å². The number of rotatable bonds is 6. The Balaban J connectivity index is 2.34. The van der Waals surface area contributed by atoms with Gasteiger partial charge in [-0.3, -0.25) is 0 Å². The molecule has 0 aliphatic heterocycles. The van der Waals surface area contributed by atoms with Gasteiger partial charge in [0.25, 0.3) is 0 Å². The van der Waals surface area contributed by atoms with Crippen molar-refractivity contribution in [1.82, 2.24) is 4.90 Å². The molecule has 2 atom stereocenters. The fourth-order valence-electron chi connectivity index (χ4n) is 1.90. The molecule has 16 heavy (non-hydrogen) atoms. The first-order valence-corrected chi connectivity index (χ1v) is 6.04. The number of likely N-dealkylation sites (N-methyl/N-ethyl adjacent to an activating group) is 1. The zero-order valence-corrected chi connectivity index (χ0v) is 10.8. The van der Waals surface area contributed by atoms with Crippen LogP contribution in [0.25, 0.3) is 0 Å². The lowest BCUT2D eigenvalue weighted by molar-refractivity contribution is -0.136. The number of nitrogens with zero attached hydrogens (tertiary/aromatic N) is 1. The molecule has 2 unspecified atom stereocenters. The summed E-state index contributed by atoms with van der Waals surface area (Å²) in [5, 5.41) is 0. The monoisotopic (exact) mass is 225 g/mol. The molecular weight excluding hydrogens is 202 g/mol. The number of methoxy groups -OCH3 is 1. The highest BCUT2D eigenvalue weighted by Crippen LogP contribution is 2.37. The molecule has 3 heteroatoms. The second-order valence-corrected chi connectivity index (χ2v) is 4.77. The van der Waals surface area contributed by atoms with Gasteiger partial charge in [-0.1, -0.05) is 19.9 Å². The molecule has 0 heterocycles. The third kappa shape index (κ3) is 3.97. The fourth-order valence-corrected chi connectivity index (χ4v) is 1.90. The Labute approximate surface area is 98.5 Å². The maximum Gasteiger partial charge on any atom is 0.333 e. The first kappa shape index (κ1) is 13.2. The summed E-state index contributed by atoms with van der Waals surface area (Å²) >= 11 is 0. The molecule has 0 saturated heterocycles. The maximum absolute atomic E-state index is 11.3. The molecule has 0 amide bonds. The van der Waals surface area contributed by atoms with Gasteiger partial charge in [-0.25, -0.2) is 4.79 Å². The van der Waals surface area contributed by atoms with Crippen LogP contribution in [0.2, 0.25) is 0 Å². The van der Waals surface area contributed by atoms with E-state index in [-0.39, 0.29) is 5.97 Å². The van der Waals surface area contributed by atoms with Crippen molar-refractivity contribution in [3.8, 4) is 0 Å². The predicted octanol–water partition coefficient (Wildman–Crippen LogP) is 2.08. The molecule has 3 nitrogen and oxygen atoms in total. The summed E-state index contributed by atoms with van der Waals surface area (Å²) in [5.74, 6) is 1.55. The minimum atomic E-state index is -0.198. The van der Waals surface area contributed by atoms with Crippen LogP contribution in [-0.4, -0.2) is 38.1 Å². The first-order valence-electron chi connectivity index (χ1n) is 6.04. The number of carbonyl (C=O) groups excluding carboxylic acids is 1. The van der Waals surface area contributed by atoms with Crippen molar-refractivity contribution in [3.63, 3.8) is 0 Å². The maximum atomic E-state index is 11.3. The van der Waals surface area contributed by atoms with Crippen LogP contribution >= 0.6 is 0 Å². The van der Waals surface area contributed by atoms with Crippen molar-refractivity contribution in [1.29, 1.82) is 0 Å². The smallest absolute Gasteiger partial charge is 0.333 e. The van der Waals surface area contributed by atoms with E-state index in [4.69, 9.17) is 4.74 Å². The first-order chi connectivity index (χ1) is 7.58. The van der Waals surface area contributed by atoms with Crippen LogP contribution < -0.4 is 0 Å². The van der Waals surface area contributed by atoms with Gasteiger partial charge in [0.15, 0.2) is 0 Å². The summed E-state index contributed by atoms with van der Waals surface area (Å²) in [6, 6.07) is 0. The molecule has 1 saturated carbocycles. The second-order valence-electron chi connectivity index (χ2n) is 4.77. The largest absolute Gasteiger partial charge is 0.466 e. The van der Waals surface area contributed by atoms with E-state index in [9.17, 15) is 4.79 Å². The summed E-state index contributed by atoms with van der Waals surface area (Å²) in [4.78, 5) is 13.6. The van der Waals surface area contributed by atoms with E-state index in [0.29, 0.717) is 0 Å². The lowest BCUT2D eigenvalue weighted by atomic mass is 10.2. The summed E-state index contributed by atoms with van der Waals surface area (Å²) in [7, 11) is 3.54. The minimum absolute atomic E-state index is 0.198. The van der Waals surface area contributed by atoms with E-state index in [1.807, 2.05) is 13.0 Å². The molecule has 0 bridgehead atoms. The van der Waals surface area contributed by atoms with E-state index in [1.165, 1.54) is 13.5 Å². The van der Waals surface area contributed by atoms with Crippen LogP contribution in [0.1, 0.15) is 26.7 Å². The van der Waals surface area contributed by atoms with Crippen molar-refractivity contribution in [3.05, 3.63) is 11.6 Å². The van der Waals surface area contributed by atoms with Crippen LogP contribution in [0.3, 0.4) is 0 Å². The Kier molecular flexibility index (Phi) is 5.00. The molecule has 0 radical (unpaired) electrons. The Bertz CT molecular complexity index is 273. The second kappa shape index (κ2) is 6.04.